The molecule has 0 saturated heterocycles. The molecule has 22 heavy (non-hydrogen) atoms. The van der Waals surface area contributed by atoms with Crippen LogP contribution in [0.3, 0.4) is 0 Å². The Labute approximate surface area is 144 Å². The number of rotatable bonds is 7. The van der Waals surface area contributed by atoms with Crippen LogP contribution in [0.1, 0.15) is 94.4 Å². The zero-order valence-corrected chi connectivity index (χ0v) is 14.5. The van der Waals surface area contributed by atoms with E-state index in [2.05, 4.69) is 13.5 Å². The van der Waals surface area contributed by atoms with E-state index in [4.69, 9.17) is 0 Å². The van der Waals surface area contributed by atoms with Gasteiger partial charge in [-0.05, 0) is 24.7 Å². The normalized spacial score (nSPS) is 20.0. The van der Waals surface area contributed by atoms with Crippen LogP contribution in [0.2, 0.25) is 24.7 Å². The Hall–Kier alpha value is 0.354. The van der Waals surface area contributed by atoms with E-state index in [0.717, 1.165) is 25.3 Å². The van der Waals surface area contributed by atoms with Crippen molar-refractivity contribution >= 4 is 15.7 Å². The third-order valence-corrected chi connectivity index (χ3v) is 19.2. The van der Waals surface area contributed by atoms with Crippen molar-refractivity contribution in [3.63, 3.8) is 0 Å². The lowest BCUT2D eigenvalue weighted by atomic mass is 10.0. The second-order valence-corrected chi connectivity index (χ2v) is 19.0. The van der Waals surface area contributed by atoms with Crippen LogP contribution >= 0.6 is 0 Å². The van der Waals surface area contributed by atoms with Gasteiger partial charge in [0.25, 0.3) is 0 Å². The Kier molecular flexibility index (Phi) is 18.9. The van der Waals surface area contributed by atoms with E-state index >= 15 is 0 Å². The van der Waals surface area contributed by atoms with E-state index in [1.54, 1.807) is 0 Å². The molecule has 0 amide bonds. The summed E-state index contributed by atoms with van der Waals surface area (Å²) < 4.78 is 0. The van der Waals surface area contributed by atoms with Crippen LogP contribution in [0, 0.1) is 0 Å². The van der Waals surface area contributed by atoms with Gasteiger partial charge in [-0.2, -0.15) is 0 Å². The lowest BCUT2D eigenvalue weighted by Gasteiger charge is -2.41. The quantitative estimate of drug-likeness (QED) is 0.397. The Morgan fingerprint density at radius 2 is 1.32 bits per heavy atom. The molecule has 0 aromatic carbocycles. The van der Waals surface area contributed by atoms with Gasteiger partial charge in [-0.25, -0.2) is 0 Å². The summed E-state index contributed by atoms with van der Waals surface area (Å²) >= 11 is 0. The average Bonchev–Trinajstić information content (AvgIpc) is 2.35. The van der Waals surface area contributed by atoms with E-state index in [1.807, 2.05) is 6.55 Å². The summed E-state index contributed by atoms with van der Waals surface area (Å²) in [6, 6.07) is 0.919. The fourth-order valence-corrected chi connectivity index (χ4v) is 12.7. The van der Waals surface area contributed by atoms with Crippen molar-refractivity contribution in [2.24, 2.45) is 0 Å². The molecule has 1 aliphatic rings. The molecule has 0 aliphatic heterocycles. The van der Waals surface area contributed by atoms with E-state index in [0.29, 0.717) is 5.54 Å². The summed E-state index contributed by atoms with van der Waals surface area (Å²) in [5.74, 6) is 0. The largest absolute Gasteiger partial charge is 0.432 e. The summed E-state index contributed by atoms with van der Waals surface area (Å²) in [7, 11) is -4.77. The van der Waals surface area contributed by atoms with Crippen molar-refractivity contribution in [3.05, 3.63) is 0 Å². The monoisotopic (exact) mass is 352 g/mol. The molecule has 0 aromatic heterocycles. The first-order valence-electron chi connectivity index (χ1n) is 7.86. The molecule has 0 radical (unpaired) electrons. The maximum absolute atomic E-state index is 11.0. The summed E-state index contributed by atoms with van der Waals surface area (Å²) in [5.41, 5.74) is 0.471. The maximum Gasteiger partial charge on any atom is 0.206 e. The minimum Gasteiger partial charge on any atom is -0.432 e. The van der Waals surface area contributed by atoms with Crippen LogP contribution in [0.5, 0.6) is 0 Å². The molecule has 0 heterocycles. The first-order valence-corrected chi connectivity index (χ1v) is 14.0. The third kappa shape index (κ3) is 8.27. The molecule has 2 atom stereocenters. The van der Waals surface area contributed by atoms with Gasteiger partial charge in [0.2, 0.25) is 15.7 Å². The van der Waals surface area contributed by atoms with Gasteiger partial charge >= 0.3 is 0 Å². The van der Waals surface area contributed by atoms with Gasteiger partial charge in [0.15, 0.2) is 0 Å². The molecule has 0 aromatic rings. The molecular formula is C18H48O2Si2. The fraction of sp³-hybridized carbons (Fsp3) is 1.00. The summed E-state index contributed by atoms with van der Waals surface area (Å²) in [4.78, 5) is 21.8. The minimum absolute atomic E-state index is 0. The SMILES string of the molecule is C.C.C.C.CCCCCC[Si](C)(O)[Si](C)(O)C1CCCCC1. The summed E-state index contributed by atoms with van der Waals surface area (Å²) in [5, 5.41) is 0. The Morgan fingerprint density at radius 1 is 0.818 bits per heavy atom. The van der Waals surface area contributed by atoms with Crippen molar-refractivity contribution in [1.82, 2.24) is 0 Å². The van der Waals surface area contributed by atoms with E-state index in [9.17, 15) is 9.59 Å². The second kappa shape index (κ2) is 13.8. The van der Waals surface area contributed by atoms with Crippen LogP contribution in [-0.2, 0) is 0 Å². The average molecular weight is 353 g/mol. The highest BCUT2D eigenvalue weighted by Crippen LogP contribution is 2.40. The highest BCUT2D eigenvalue weighted by Gasteiger charge is 2.52. The summed E-state index contributed by atoms with van der Waals surface area (Å²) in [6.45, 7) is 6.29. The van der Waals surface area contributed by atoms with Gasteiger partial charge in [-0.3, -0.25) is 0 Å². The van der Waals surface area contributed by atoms with Crippen LogP contribution in [-0.4, -0.2) is 25.3 Å². The molecule has 2 nitrogen and oxygen atoms in total. The molecule has 1 aliphatic carbocycles. The van der Waals surface area contributed by atoms with Crippen molar-refractivity contribution in [3.8, 4) is 0 Å². The van der Waals surface area contributed by atoms with Crippen molar-refractivity contribution < 1.29 is 9.59 Å². The van der Waals surface area contributed by atoms with Gasteiger partial charge in [-0.15, -0.1) is 0 Å². The molecule has 140 valence electrons. The van der Waals surface area contributed by atoms with Gasteiger partial charge in [0, 0.05) is 0 Å². The number of unbranched alkanes of at least 4 members (excludes halogenated alkanes) is 3. The lowest BCUT2D eigenvalue weighted by Crippen LogP contribution is -2.62. The topological polar surface area (TPSA) is 40.5 Å². The number of hydrogen-bond acceptors (Lipinski definition) is 2. The van der Waals surface area contributed by atoms with Gasteiger partial charge in [0.1, 0.15) is 0 Å². The number of hydrogen-bond donors (Lipinski definition) is 2. The zero-order valence-electron chi connectivity index (χ0n) is 12.5. The molecule has 0 bridgehead atoms. The highest BCUT2D eigenvalue weighted by atomic mass is 29.3. The first kappa shape index (κ1) is 30.3. The first-order chi connectivity index (χ1) is 8.42. The molecule has 2 unspecified atom stereocenters. The standard InChI is InChI=1S/C14H32O2Si2.4CH4/c1-4-5-6-10-13-17(2,15)18(3,16)14-11-8-7-9-12-14;;;;/h14-16H,4-13H2,1-3H3;4*1H4. The molecule has 2 N–H and O–H groups in total. The molecule has 1 saturated carbocycles. The van der Waals surface area contributed by atoms with Crippen molar-refractivity contribution in [2.75, 3.05) is 0 Å². The predicted molar refractivity (Wildman–Crippen MR) is 110 cm³/mol. The molecular weight excluding hydrogens is 304 g/mol. The minimum atomic E-state index is -2.40. The van der Waals surface area contributed by atoms with Crippen LogP contribution in [0.25, 0.3) is 0 Å². The Balaban J connectivity index is -0.000000405. The summed E-state index contributed by atoms with van der Waals surface area (Å²) in [6.07, 6.45) is 11.0. The Bertz CT molecular complexity index is 237. The fourth-order valence-electron chi connectivity index (χ4n) is 3.25. The molecule has 4 heteroatoms. The van der Waals surface area contributed by atoms with Crippen molar-refractivity contribution in [2.45, 2.75) is 119 Å². The smallest absolute Gasteiger partial charge is 0.206 e. The van der Waals surface area contributed by atoms with Gasteiger partial charge < -0.3 is 9.59 Å². The van der Waals surface area contributed by atoms with Crippen molar-refractivity contribution in [1.29, 1.82) is 0 Å². The predicted octanol–water partition coefficient (Wildman–Crippen LogP) is 6.66. The van der Waals surface area contributed by atoms with Gasteiger partial charge in [0.05, 0.1) is 0 Å². The second-order valence-electron chi connectivity index (χ2n) is 6.57. The molecule has 1 rings (SSSR count). The zero-order chi connectivity index (χ0) is 13.6. The van der Waals surface area contributed by atoms with Crippen LogP contribution < -0.4 is 0 Å². The van der Waals surface area contributed by atoms with Crippen LogP contribution in [0.4, 0.5) is 0 Å². The van der Waals surface area contributed by atoms with E-state index < -0.39 is 15.7 Å². The van der Waals surface area contributed by atoms with Gasteiger partial charge in [-0.1, -0.05) is 94.4 Å². The molecule has 1 fully saturated rings. The van der Waals surface area contributed by atoms with E-state index in [1.165, 1.54) is 38.5 Å². The van der Waals surface area contributed by atoms with E-state index in [-0.39, 0.29) is 29.7 Å². The Morgan fingerprint density at radius 3 is 1.77 bits per heavy atom. The van der Waals surface area contributed by atoms with Crippen LogP contribution in [0.15, 0.2) is 0 Å². The maximum atomic E-state index is 11.0. The molecule has 0 spiro atoms. The lowest BCUT2D eigenvalue weighted by molar-refractivity contribution is 0.428. The highest BCUT2D eigenvalue weighted by molar-refractivity contribution is 7.35. The third-order valence-electron chi connectivity index (χ3n) is 5.01.